The van der Waals surface area contributed by atoms with Crippen molar-refractivity contribution in [3.05, 3.63) is 62.6 Å². The first-order valence-electron chi connectivity index (χ1n) is 6.43. The van der Waals surface area contributed by atoms with Crippen LogP contribution in [-0.2, 0) is 0 Å². The predicted molar refractivity (Wildman–Crippen MR) is 94.1 cm³/mol. The number of fused-ring (bicyclic) bond motifs is 1. The van der Waals surface area contributed by atoms with Gasteiger partial charge in [0.15, 0.2) is 0 Å². The van der Waals surface area contributed by atoms with Crippen LogP contribution in [0, 0.1) is 0 Å². The Labute approximate surface area is 140 Å². The molecule has 0 N–H and O–H groups in total. The molecular weight excluding hydrogens is 401 g/mol. The van der Waals surface area contributed by atoms with Gasteiger partial charge in [-0.2, -0.15) is 0 Å². The molecule has 0 radical (unpaired) electrons. The zero-order valence-corrected chi connectivity index (χ0v) is 14.6. The van der Waals surface area contributed by atoms with Crippen LogP contribution < -0.4 is 0 Å². The molecule has 0 amide bonds. The summed E-state index contributed by atoms with van der Waals surface area (Å²) in [7, 11) is 0. The Balaban J connectivity index is 2.19. The Morgan fingerprint density at radius 2 is 1.95 bits per heavy atom. The number of hydrogen-bond acceptors (Lipinski definition) is 1. The Morgan fingerprint density at radius 1 is 1.10 bits per heavy atom. The third-order valence-electron chi connectivity index (χ3n) is 3.36. The van der Waals surface area contributed by atoms with Crippen LogP contribution in [0.25, 0.3) is 4.48 Å². The molecule has 1 heterocycles. The third-order valence-corrected chi connectivity index (χ3v) is 5.68. The first-order chi connectivity index (χ1) is 9.66. The molecule has 102 valence electrons. The molecule has 2 aliphatic rings. The number of halogens is 3. The molecule has 1 aromatic carbocycles. The van der Waals surface area contributed by atoms with Crippen LogP contribution in [0.1, 0.15) is 24.0 Å². The predicted octanol–water partition coefficient (Wildman–Crippen LogP) is 5.88. The van der Waals surface area contributed by atoms with Crippen LogP contribution in [0.5, 0.6) is 0 Å². The standard InChI is InChI=1S/C16H12Br2ClN/c17-14-9-20-16(10-4-2-1-3-5-10)13-8-11(19)6-7-12(13)15(14)18/h2,4-8H,1,3,9H2. The van der Waals surface area contributed by atoms with Gasteiger partial charge in [0.2, 0.25) is 0 Å². The summed E-state index contributed by atoms with van der Waals surface area (Å²) in [5.41, 5.74) is 4.40. The SMILES string of the molecule is Clc1ccc2c(c1)C(C1=CCCC=C1)=NCC(Br)=C2Br. The minimum absolute atomic E-state index is 0.632. The largest absolute Gasteiger partial charge is 0.279 e. The van der Waals surface area contributed by atoms with E-state index >= 15 is 0 Å². The van der Waals surface area contributed by atoms with E-state index < -0.39 is 0 Å². The highest BCUT2D eigenvalue weighted by atomic mass is 79.9. The average Bonchev–Trinajstić information content (AvgIpc) is 2.58. The van der Waals surface area contributed by atoms with E-state index in [0.29, 0.717) is 6.54 Å². The second kappa shape index (κ2) is 6.00. The first-order valence-corrected chi connectivity index (χ1v) is 8.39. The second-order valence-corrected chi connectivity index (χ2v) is 6.90. The van der Waals surface area contributed by atoms with Crippen molar-refractivity contribution in [2.75, 3.05) is 6.54 Å². The number of nitrogens with zero attached hydrogens (tertiary/aromatic N) is 1. The third kappa shape index (κ3) is 2.72. The van der Waals surface area contributed by atoms with Gasteiger partial charge in [0.1, 0.15) is 0 Å². The van der Waals surface area contributed by atoms with Gasteiger partial charge in [0.05, 0.1) is 12.3 Å². The van der Waals surface area contributed by atoms with Crippen molar-refractivity contribution < 1.29 is 0 Å². The molecule has 1 aliphatic carbocycles. The molecule has 0 saturated carbocycles. The van der Waals surface area contributed by atoms with Crippen LogP contribution >= 0.6 is 43.5 Å². The van der Waals surface area contributed by atoms with Crippen LogP contribution in [0.2, 0.25) is 5.02 Å². The van der Waals surface area contributed by atoms with E-state index in [0.717, 1.165) is 43.7 Å². The fourth-order valence-electron chi connectivity index (χ4n) is 2.39. The molecule has 1 aromatic rings. The fraction of sp³-hybridized carbons (Fsp3) is 0.188. The molecule has 0 spiro atoms. The molecule has 20 heavy (non-hydrogen) atoms. The average molecular weight is 414 g/mol. The van der Waals surface area contributed by atoms with E-state index in [2.05, 4.69) is 50.1 Å². The van der Waals surface area contributed by atoms with Crippen molar-refractivity contribution in [1.82, 2.24) is 0 Å². The quantitative estimate of drug-likeness (QED) is 0.545. The normalized spacial score (nSPS) is 18.4. The fourth-order valence-corrected chi connectivity index (χ4v) is 3.37. The number of benzene rings is 1. The van der Waals surface area contributed by atoms with Crippen LogP contribution in [0.15, 0.2) is 51.5 Å². The zero-order chi connectivity index (χ0) is 14.1. The highest BCUT2D eigenvalue weighted by Gasteiger charge is 2.20. The molecule has 0 saturated heterocycles. The van der Waals surface area contributed by atoms with Gasteiger partial charge in [-0.05, 0) is 52.0 Å². The van der Waals surface area contributed by atoms with Crippen molar-refractivity contribution in [2.45, 2.75) is 12.8 Å². The van der Waals surface area contributed by atoms with Crippen molar-refractivity contribution in [3.8, 4) is 0 Å². The van der Waals surface area contributed by atoms with E-state index in [-0.39, 0.29) is 0 Å². The Morgan fingerprint density at radius 3 is 2.70 bits per heavy atom. The van der Waals surface area contributed by atoms with Crippen molar-refractivity contribution in [2.24, 2.45) is 4.99 Å². The van der Waals surface area contributed by atoms with Crippen LogP contribution in [0.4, 0.5) is 0 Å². The number of hydrogen-bond donors (Lipinski definition) is 0. The van der Waals surface area contributed by atoms with Gasteiger partial charge in [-0.25, -0.2) is 0 Å². The number of aliphatic imine (C=N–C) groups is 1. The van der Waals surface area contributed by atoms with E-state index in [1.165, 1.54) is 5.57 Å². The zero-order valence-electron chi connectivity index (χ0n) is 10.7. The van der Waals surface area contributed by atoms with Gasteiger partial charge in [-0.15, -0.1) is 0 Å². The topological polar surface area (TPSA) is 12.4 Å². The molecule has 3 rings (SSSR count). The van der Waals surface area contributed by atoms with Crippen LogP contribution in [0.3, 0.4) is 0 Å². The van der Waals surface area contributed by atoms with E-state index in [4.69, 9.17) is 16.6 Å². The summed E-state index contributed by atoms with van der Waals surface area (Å²) in [4.78, 5) is 4.76. The maximum Gasteiger partial charge on any atom is 0.0726 e. The lowest BCUT2D eigenvalue weighted by Crippen LogP contribution is -2.07. The molecular formula is C16H12Br2ClN. The highest BCUT2D eigenvalue weighted by molar-refractivity contribution is 9.16. The summed E-state index contributed by atoms with van der Waals surface area (Å²) in [6.45, 7) is 0.632. The molecule has 0 fully saturated rings. The second-order valence-electron chi connectivity index (χ2n) is 4.71. The van der Waals surface area contributed by atoms with Crippen molar-refractivity contribution in [1.29, 1.82) is 0 Å². The lowest BCUT2D eigenvalue weighted by atomic mass is 9.94. The van der Waals surface area contributed by atoms with E-state index in [1.54, 1.807) is 0 Å². The summed E-state index contributed by atoms with van der Waals surface area (Å²) in [6, 6.07) is 5.94. The van der Waals surface area contributed by atoms with Gasteiger partial charge < -0.3 is 0 Å². The summed E-state index contributed by atoms with van der Waals surface area (Å²) in [5.74, 6) is 0. The van der Waals surface area contributed by atoms with Gasteiger partial charge >= 0.3 is 0 Å². The van der Waals surface area contributed by atoms with Gasteiger partial charge in [-0.3, -0.25) is 4.99 Å². The molecule has 0 unspecified atom stereocenters. The van der Waals surface area contributed by atoms with Gasteiger partial charge in [-0.1, -0.05) is 51.8 Å². The van der Waals surface area contributed by atoms with Gasteiger partial charge in [0, 0.05) is 19.6 Å². The van der Waals surface area contributed by atoms with Crippen LogP contribution in [-0.4, -0.2) is 12.3 Å². The molecule has 0 atom stereocenters. The lowest BCUT2D eigenvalue weighted by molar-refractivity contribution is 1.03. The first kappa shape index (κ1) is 14.3. The summed E-state index contributed by atoms with van der Waals surface area (Å²) in [5, 5.41) is 0.732. The Bertz CT molecular complexity index is 684. The minimum atomic E-state index is 0.632. The van der Waals surface area contributed by atoms with Crippen molar-refractivity contribution in [3.63, 3.8) is 0 Å². The van der Waals surface area contributed by atoms with E-state index in [9.17, 15) is 0 Å². The lowest BCUT2D eigenvalue weighted by Gasteiger charge is -2.13. The maximum absolute atomic E-state index is 6.18. The highest BCUT2D eigenvalue weighted by Crippen LogP contribution is 2.36. The minimum Gasteiger partial charge on any atom is -0.279 e. The Kier molecular flexibility index (Phi) is 4.29. The molecule has 1 nitrogen and oxygen atoms in total. The molecule has 0 bridgehead atoms. The monoisotopic (exact) mass is 411 g/mol. The van der Waals surface area contributed by atoms with E-state index in [1.807, 2.05) is 18.2 Å². The van der Waals surface area contributed by atoms with Gasteiger partial charge in [0.25, 0.3) is 0 Å². The molecule has 4 heteroatoms. The Hall–Kier alpha value is -0.640. The molecule has 1 aliphatic heterocycles. The summed E-state index contributed by atoms with van der Waals surface area (Å²) < 4.78 is 2.10. The summed E-state index contributed by atoms with van der Waals surface area (Å²) in [6.07, 6.45) is 8.77. The molecule has 0 aromatic heterocycles. The maximum atomic E-state index is 6.18. The summed E-state index contributed by atoms with van der Waals surface area (Å²) >= 11 is 13.4. The smallest absolute Gasteiger partial charge is 0.0726 e. The number of rotatable bonds is 1. The number of allylic oxidation sites excluding steroid dienone is 4. The van der Waals surface area contributed by atoms with Crippen molar-refractivity contribution >= 4 is 53.7 Å².